The zero-order valence-corrected chi connectivity index (χ0v) is 23.3. The van der Waals surface area contributed by atoms with Crippen LogP contribution in [0.1, 0.15) is 61.1 Å². The minimum Gasteiger partial charge on any atom is -0.478 e. The Hall–Kier alpha value is -4.24. The Morgan fingerprint density at radius 2 is 1.77 bits per heavy atom. The molecule has 1 aromatic carbocycles. The van der Waals surface area contributed by atoms with Crippen molar-refractivity contribution in [3.63, 3.8) is 0 Å². The number of aromatic carboxylic acids is 1. The molecule has 0 unspecified atom stereocenters. The van der Waals surface area contributed by atoms with E-state index in [2.05, 4.69) is 37.9 Å². The molecule has 3 aromatic heterocycles. The van der Waals surface area contributed by atoms with Crippen LogP contribution in [0.25, 0.3) is 22.2 Å². The van der Waals surface area contributed by atoms with E-state index in [0.717, 1.165) is 54.6 Å². The lowest BCUT2D eigenvalue weighted by Crippen LogP contribution is -2.33. The van der Waals surface area contributed by atoms with E-state index in [1.807, 2.05) is 51.2 Å². The molecular weight excluding hydrogens is 506 g/mol. The number of likely N-dealkylation sites (tertiary alicyclic amines) is 1. The van der Waals surface area contributed by atoms with Crippen molar-refractivity contribution in [2.45, 2.75) is 51.7 Å². The number of fused-ring (bicyclic) bond motifs is 1. The molecule has 4 heterocycles. The largest absolute Gasteiger partial charge is 0.478 e. The maximum atomic E-state index is 12.1. The number of rotatable bonds is 6. The zero-order chi connectivity index (χ0) is 28.4. The van der Waals surface area contributed by atoms with Gasteiger partial charge in [0, 0.05) is 42.6 Å². The predicted molar refractivity (Wildman–Crippen MR) is 154 cm³/mol. The number of anilines is 1. The van der Waals surface area contributed by atoms with Gasteiger partial charge in [-0.05, 0) is 100 Å². The summed E-state index contributed by atoms with van der Waals surface area (Å²) < 4.78 is 7.46. The maximum Gasteiger partial charge on any atom is 0.413 e. The van der Waals surface area contributed by atoms with Gasteiger partial charge in [0.05, 0.1) is 5.56 Å². The zero-order valence-electron chi connectivity index (χ0n) is 23.3. The second-order valence-electron chi connectivity index (χ2n) is 11.3. The van der Waals surface area contributed by atoms with Crippen LogP contribution in [-0.4, -0.2) is 55.3 Å². The fourth-order valence-corrected chi connectivity index (χ4v) is 5.26. The van der Waals surface area contributed by atoms with Crippen LogP contribution in [0, 0.1) is 0 Å². The van der Waals surface area contributed by atoms with E-state index in [0.29, 0.717) is 17.3 Å². The predicted octanol–water partition coefficient (Wildman–Crippen LogP) is 6.06. The van der Waals surface area contributed by atoms with Gasteiger partial charge in [0.2, 0.25) is 0 Å². The highest BCUT2D eigenvalue weighted by Gasteiger charge is 2.23. The Morgan fingerprint density at radius 1 is 1.05 bits per heavy atom. The van der Waals surface area contributed by atoms with Crippen molar-refractivity contribution in [1.82, 2.24) is 19.4 Å². The lowest BCUT2D eigenvalue weighted by atomic mass is 9.89. The Bertz CT molecular complexity index is 1510. The quantitative estimate of drug-likeness (QED) is 0.305. The molecule has 1 amide bonds. The Labute approximate surface area is 233 Å². The molecule has 208 valence electrons. The summed E-state index contributed by atoms with van der Waals surface area (Å²) in [6.45, 7) is 8.23. The van der Waals surface area contributed by atoms with Crippen molar-refractivity contribution in [3.05, 3.63) is 77.7 Å². The summed E-state index contributed by atoms with van der Waals surface area (Å²) in [6.07, 6.45) is 5.11. The number of amides is 1. The third-order valence-corrected chi connectivity index (χ3v) is 7.33. The molecule has 0 radical (unpaired) electrons. The van der Waals surface area contributed by atoms with Crippen molar-refractivity contribution in [2.24, 2.45) is 7.05 Å². The van der Waals surface area contributed by atoms with E-state index < -0.39 is 17.7 Å². The summed E-state index contributed by atoms with van der Waals surface area (Å²) in [6, 6.07) is 15.2. The average Bonchev–Trinajstić information content (AvgIpc) is 3.23. The number of pyridine rings is 2. The topological polar surface area (TPSA) is 110 Å². The standard InChI is InChI=1S/C31H35N5O4/c1-31(2,3)40-30(39)34-27-10-9-23(18-33-27)25-11-14-32-28-26(25)17-24(35(28)4)19-36-15-12-21(13-16-36)20-5-7-22(8-6-20)29(37)38/h5-11,14,17-18,21H,12-13,15-16,19H2,1-4H3,(H,37,38)(H,33,34,39). The number of nitrogens with zero attached hydrogens (tertiary/aromatic N) is 4. The van der Waals surface area contributed by atoms with Gasteiger partial charge in [-0.15, -0.1) is 0 Å². The van der Waals surface area contributed by atoms with Crippen LogP contribution >= 0.6 is 0 Å². The first-order valence-corrected chi connectivity index (χ1v) is 13.5. The van der Waals surface area contributed by atoms with Crippen LogP contribution < -0.4 is 5.32 Å². The van der Waals surface area contributed by atoms with Gasteiger partial charge in [0.15, 0.2) is 0 Å². The van der Waals surface area contributed by atoms with Gasteiger partial charge >= 0.3 is 12.1 Å². The third-order valence-electron chi connectivity index (χ3n) is 7.33. The minimum atomic E-state index is -0.891. The van der Waals surface area contributed by atoms with Gasteiger partial charge in [-0.3, -0.25) is 10.2 Å². The molecule has 0 saturated carbocycles. The number of carboxylic acids is 1. The van der Waals surface area contributed by atoms with Crippen molar-refractivity contribution >= 4 is 28.9 Å². The second kappa shape index (κ2) is 11.1. The molecule has 40 heavy (non-hydrogen) atoms. The van der Waals surface area contributed by atoms with Crippen LogP contribution in [0.5, 0.6) is 0 Å². The SMILES string of the molecule is Cn1c(CN2CCC(c3ccc(C(=O)O)cc3)CC2)cc2c(-c3ccc(NC(=O)OC(C)(C)C)nc3)ccnc21. The fourth-order valence-electron chi connectivity index (χ4n) is 5.26. The molecule has 9 heteroatoms. The van der Waals surface area contributed by atoms with Crippen LogP contribution in [0.4, 0.5) is 10.6 Å². The van der Waals surface area contributed by atoms with Gasteiger partial charge in [0.25, 0.3) is 0 Å². The summed E-state index contributed by atoms with van der Waals surface area (Å²) in [5.41, 5.74) is 5.04. The second-order valence-corrected chi connectivity index (χ2v) is 11.3. The first kappa shape index (κ1) is 27.3. The molecule has 0 aliphatic carbocycles. The van der Waals surface area contributed by atoms with Crippen LogP contribution in [0.2, 0.25) is 0 Å². The summed E-state index contributed by atoms with van der Waals surface area (Å²) >= 11 is 0. The van der Waals surface area contributed by atoms with E-state index >= 15 is 0 Å². The third kappa shape index (κ3) is 6.15. The van der Waals surface area contributed by atoms with E-state index in [9.17, 15) is 9.59 Å². The van der Waals surface area contributed by atoms with Crippen molar-refractivity contribution in [1.29, 1.82) is 0 Å². The van der Waals surface area contributed by atoms with Gasteiger partial charge in [-0.1, -0.05) is 12.1 Å². The average molecular weight is 542 g/mol. The van der Waals surface area contributed by atoms with Crippen molar-refractivity contribution in [3.8, 4) is 11.1 Å². The highest BCUT2D eigenvalue weighted by atomic mass is 16.6. The molecule has 0 spiro atoms. The van der Waals surface area contributed by atoms with Gasteiger partial charge in [-0.25, -0.2) is 19.6 Å². The van der Waals surface area contributed by atoms with Crippen molar-refractivity contribution < 1.29 is 19.4 Å². The normalized spacial score (nSPS) is 14.8. The molecule has 1 saturated heterocycles. The number of aryl methyl sites for hydroxylation is 1. The number of hydrogen-bond acceptors (Lipinski definition) is 6. The monoisotopic (exact) mass is 541 g/mol. The molecule has 1 aliphatic heterocycles. The molecule has 0 atom stereocenters. The number of piperidine rings is 1. The Balaban J connectivity index is 1.26. The highest BCUT2D eigenvalue weighted by molar-refractivity contribution is 5.94. The number of benzene rings is 1. The van der Waals surface area contributed by atoms with E-state index in [1.54, 1.807) is 24.4 Å². The lowest BCUT2D eigenvalue weighted by Gasteiger charge is -2.32. The van der Waals surface area contributed by atoms with E-state index in [-0.39, 0.29) is 0 Å². The molecule has 1 aliphatic rings. The van der Waals surface area contributed by atoms with Gasteiger partial charge in [0.1, 0.15) is 17.1 Å². The van der Waals surface area contributed by atoms with E-state index in [4.69, 9.17) is 9.84 Å². The van der Waals surface area contributed by atoms with Crippen LogP contribution in [0.3, 0.4) is 0 Å². The smallest absolute Gasteiger partial charge is 0.413 e. The molecular formula is C31H35N5O4. The number of ether oxygens (including phenoxy) is 1. The Morgan fingerprint density at radius 3 is 2.40 bits per heavy atom. The number of nitrogens with one attached hydrogen (secondary N) is 1. The maximum absolute atomic E-state index is 12.1. The van der Waals surface area contributed by atoms with Crippen LogP contribution in [0.15, 0.2) is 60.9 Å². The summed E-state index contributed by atoms with van der Waals surface area (Å²) in [4.78, 5) is 34.8. The molecule has 0 bridgehead atoms. The summed E-state index contributed by atoms with van der Waals surface area (Å²) in [5.74, 6) is -0.0177. The van der Waals surface area contributed by atoms with Gasteiger partial charge < -0.3 is 14.4 Å². The first-order valence-electron chi connectivity index (χ1n) is 13.5. The molecule has 9 nitrogen and oxygen atoms in total. The number of carbonyl (C=O) groups is 2. The minimum absolute atomic E-state index is 0.328. The van der Waals surface area contributed by atoms with E-state index in [1.165, 1.54) is 11.3 Å². The number of carbonyl (C=O) groups excluding carboxylic acids is 1. The van der Waals surface area contributed by atoms with Gasteiger partial charge in [-0.2, -0.15) is 0 Å². The summed E-state index contributed by atoms with van der Waals surface area (Å²) in [5, 5.41) is 12.9. The summed E-state index contributed by atoms with van der Waals surface area (Å²) in [7, 11) is 2.05. The Kier molecular flexibility index (Phi) is 7.58. The highest BCUT2D eigenvalue weighted by Crippen LogP contribution is 2.32. The fraction of sp³-hybridized carbons (Fsp3) is 0.355. The number of hydrogen-bond donors (Lipinski definition) is 2. The number of aromatic nitrogens is 3. The molecule has 4 aromatic rings. The molecule has 5 rings (SSSR count). The van der Waals surface area contributed by atoms with Crippen molar-refractivity contribution in [2.75, 3.05) is 18.4 Å². The number of carboxylic acid groups (broad SMARTS) is 1. The molecule has 1 fully saturated rings. The molecule has 2 N–H and O–H groups in total. The van der Waals surface area contributed by atoms with Crippen LogP contribution in [-0.2, 0) is 18.3 Å². The lowest BCUT2D eigenvalue weighted by molar-refractivity contribution is 0.0633. The first-order chi connectivity index (χ1) is 19.1.